The number of nitrogens with zero attached hydrogens (tertiary/aromatic N) is 5. The zero-order chi connectivity index (χ0) is 14.7. The van der Waals surface area contributed by atoms with Crippen molar-refractivity contribution in [2.75, 3.05) is 0 Å². The number of hydrogen-bond acceptors (Lipinski definition) is 4. The first kappa shape index (κ1) is 14.7. The molecule has 2 aromatic rings. The first-order valence-electron chi connectivity index (χ1n) is 7.21. The Bertz CT molecular complexity index is 572. The molecule has 0 bridgehead atoms. The maximum absolute atomic E-state index is 10.3. The van der Waals surface area contributed by atoms with Crippen molar-refractivity contribution in [1.29, 1.82) is 0 Å². The van der Waals surface area contributed by atoms with Gasteiger partial charge in [-0.05, 0) is 19.3 Å². The van der Waals surface area contributed by atoms with Crippen molar-refractivity contribution in [3.05, 3.63) is 29.1 Å². The number of hydrogen-bond donors (Lipinski definition) is 1. The molecule has 1 N–H and O–H groups in total. The number of aryl methyl sites for hydroxylation is 2. The minimum absolute atomic E-state index is 0.437. The topological polar surface area (TPSA) is 68.8 Å². The molecule has 0 fully saturated rings. The zero-order valence-electron chi connectivity index (χ0n) is 12.7. The van der Waals surface area contributed by atoms with Gasteiger partial charge in [0.1, 0.15) is 18.7 Å². The summed E-state index contributed by atoms with van der Waals surface area (Å²) in [4.78, 5) is 4.24. The van der Waals surface area contributed by atoms with Crippen LogP contribution in [0, 0.1) is 0 Å². The molecule has 0 radical (unpaired) electrons. The second kappa shape index (κ2) is 6.17. The normalized spacial score (nSPS) is 12.8. The van der Waals surface area contributed by atoms with Gasteiger partial charge in [0, 0.05) is 18.3 Å². The molecule has 0 aliphatic carbocycles. The Balaban J connectivity index is 2.43. The Kier molecular flexibility index (Phi) is 4.54. The number of rotatable bonds is 6. The number of aliphatic hydroxyl groups excluding tert-OH is 1. The summed E-state index contributed by atoms with van der Waals surface area (Å²) in [6, 6.07) is 0. The molecule has 0 amide bonds. The van der Waals surface area contributed by atoms with Crippen molar-refractivity contribution in [3.63, 3.8) is 0 Å². The largest absolute Gasteiger partial charge is 0.388 e. The summed E-state index contributed by atoms with van der Waals surface area (Å²) >= 11 is 0. The third-order valence-corrected chi connectivity index (χ3v) is 3.66. The van der Waals surface area contributed by atoms with Gasteiger partial charge in [-0.25, -0.2) is 4.98 Å². The number of aromatic nitrogens is 5. The van der Waals surface area contributed by atoms with E-state index in [4.69, 9.17) is 0 Å². The Morgan fingerprint density at radius 2 is 2.00 bits per heavy atom. The summed E-state index contributed by atoms with van der Waals surface area (Å²) in [7, 11) is 1.87. The fourth-order valence-corrected chi connectivity index (χ4v) is 2.52. The average Bonchev–Trinajstić information content (AvgIpc) is 3.02. The molecule has 0 aliphatic heterocycles. The second-order valence-electron chi connectivity index (χ2n) is 4.90. The predicted molar refractivity (Wildman–Crippen MR) is 76.3 cm³/mol. The average molecular weight is 277 g/mol. The van der Waals surface area contributed by atoms with Crippen LogP contribution in [0.15, 0.2) is 6.33 Å². The molecule has 0 aromatic carbocycles. The van der Waals surface area contributed by atoms with Gasteiger partial charge in [0.25, 0.3) is 0 Å². The fraction of sp³-hybridized carbons (Fsp3) is 0.643. The summed E-state index contributed by atoms with van der Waals surface area (Å²) in [6.45, 7) is 6.74. The van der Waals surface area contributed by atoms with E-state index in [1.807, 2.05) is 18.7 Å². The van der Waals surface area contributed by atoms with Gasteiger partial charge in [0.05, 0.1) is 11.8 Å². The maximum Gasteiger partial charge on any atom is 0.148 e. The highest BCUT2D eigenvalue weighted by atomic mass is 16.3. The van der Waals surface area contributed by atoms with Crippen LogP contribution < -0.4 is 0 Å². The first-order chi connectivity index (χ1) is 9.62. The zero-order valence-corrected chi connectivity index (χ0v) is 12.7. The third kappa shape index (κ3) is 2.60. The summed E-state index contributed by atoms with van der Waals surface area (Å²) in [5.74, 6) is 0.863. The lowest BCUT2D eigenvalue weighted by Crippen LogP contribution is -2.11. The van der Waals surface area contributed by atoms with Crippen LogP contribution in [0.25, 0.3) is 0 Å². The van der Waals surface area contributed by atoms with Gasteiger partial charge in [-0.15, -0.1) is 0 Å². The smallest absolute Gasteiger partial charge is 0.148 e. The van der Waals surface area contributed by atoms with E-state index in [0.29, 0.717) is 13.0 Å². The van der Waals surface area contributed by atoms with Crippen molar-refractivity contribution in [2.24, 2.45) is 7.05 Å². The van der Waals surface area contributed by atoms with Crippen molar-refractivity contribution < 1.29 is 5.11 Å². The molecule has 1 unspecified atom stereocenters. The summed E-state index contributed by atoms with van der Waals surface area (Å²) in [6.07, 6.45) is 3.48. The lowest BCUT2D eigenvalue weighted by molar-refractivity contribution is 0.171. The van der Waals surface area contributed by atoms with E-state index in [9.17, 15) is 5.11 Å². The Hall–Kier alpha value is -1.69. The molecule has 6 nitrogen and oxygen atoms in total. The van der Waals surface area contributed by atoms with Gasteiger partial charge < -0.3 is 5.11 Å². The van der Waals surface area contributed by atoms with Crippen LogP contribution in [0.4, 0.5) is 0 Å². The van der Waals surface area contributed by atoms with E-state index in [-0.39, 0.29) is 0 Å². The van der Waals surface area contributed by atoms with Crippen LogP contribution >= 0.6 is 0 Å². The van der Waals surface area contributed by atoms with Crippen molar-refractivity contribution in [2.45, 2.75) is 52.7 Å². The molecule has 110 valence electrons. The Labute approximate surface area is 119 Å². The monoisotopic (exact) mass is 277 g/mol. The van der Waals surface area contributed by atoms with E-state index >= 15 is 0 Å². The lowest BCUT2D eigenvalue weighted by Gasteiger charge is -2.11. The summed E-state index contributed by atoms with van der Waals surface area (Å²) in [5, 5.41) is 19.0. The molecule has 0 spiro atoms. The molecule has 2 heterocycles. The standard InChI is InChI=1S/C14H23N5O/c1-5-10-14(12(20)7-3)11(6-2)19(17-10)8-13-15-9-16-18(13)4/h9,12,20H,5-8H2,1-4H3. The molecule has 20 heavy (non-hydrogen) atoms. The van der Waals surface area contributed by atoms with Crippen LogP contribution in [0.2, 0.25) is 0 Å². The van der Waals surface area contributed by atoms with Crippen molar-refractivity contribution in [3.8, 4) is 0 Å². The van der Waals surface area contributed by atoms with Gasteiger partial charge in [0.15, 0.2) is 0 Å². The highest BCUT2D eigenvalue weighted by molar-refractivity contribution is 5.29. The number of aliphatic hydroxyl groups is 1. The molecule has 2 rings (SSSR count). The fourth-order valence-electron chi connectivity index (χ4n) is 2.52. The van der Waals surface area contributed by atoms with E-state index in [1.165, 1.54) is 0 Å². The van der Waals surface area contributed by atoms with E-state index < -0.39 is 6.10 Å². The minimum Gasteiger partial charge on any atom is -0.388 e. The summed E-state index contributed by atoms with van der Waals surface area (Å²) < 4.78 is 3.71. The van der Waals surface area contributed by atoms with E-state index in [0.717, 1.165) is 35.6 Å². The Morgan fingerprint density at radius 3 is 2.50 bits per heavy atom. The Morgan fingerprint density at radius 1 is 1.25 bits per heavy atom. The van der Waals surface area contributed by atoms with Gasteiger partial charge in [-0.2, -0.15) is 10.2 Å². The van der Waals surface area contributed by atoms with E-state index in [2.05, 4.69) is 29.0 Å². The second-order valence-corrected chi connectivity index (χ2v) is 4.90. The SMILES string of the molecule is CCc1nn(Cc2ncnn2C)c(CC)c1C(O)CC. The van der Waals surface area contributed by atoms with Crippen molar-refractivity contribution >= 4 is 0 Å². The molecule has 0 saturated heterocycles. The van der Waals surface area contributed by atoms with Gasteiger partial charge in [-0.1, -0.05) is 20.8 Å². The predicted octanol–water partition coefficient (Wildman–Crippen LogP) is 1.63. The third-order valence-electron chi connectivity index (χ3n) is 3.66. The maximum atomic E-state index is 10.3. The molecule has 1 atom stereocenters. The van der Waals surface area contributed by atoms with Gasteiger partial charge >= 0.3 is 0 Å². The molecular formula is C14H23N5O. The van der Waals surface area contributed by atoms with Gasteiger partial charge in [0.2, 0.25) is 0 Å². The van der Waals surface area contributed by atoms with Crippen LogP contribution in [0.3, 0.4) is 0 Å². The van der Waals surface area contributed by atoms with Crippen LogP contribution in [0.1, 0.15) is 56.1 Å². The molecule has 0 saturated carbocycles. The van der Waals surface area contributed by atoms with Crippen LogP contribution in [-0.2, 0) is 26.4 Å². The molecule has 6 heteroatoms. The molecule has 2 aromatic heterocycles. The lowest BCUT2D eigenvalue weighted by atomic mass is 10.0. The quantitative estimate of drug-likeness (QED) is 0.871. The molecule has 0 aliphatic rings. The van der Waals surface area contributed by atoms with Gasteiger partial charge in [-0.3, -0.25) is 9.36 Å². The highest BCUT2D eigenvalue weighted by Crippen LogP contribution is 2.26. The molecular weight excluding hydrogens is 254 g/mol. The van der Waals surface area contributed by atoms with Crippen LogP contribution in [0.5, 0.6) is 0 Å². The minimum atomic E-state index is -0.437. The first-order valence-corrected chi connectivity index (χ1v) is 7.21. The highest BCUT2D eigenvalue weighted by Gasteiger charge is 2.21. The van der Waals surface area contributed by atoms with Crippen molar-refractivity contribution in [1.82, 2.24) is 24.5 Å². The van der Waals surface area contributed by atoms with Crippen LogP contribution in [-0.4, -0.2) is 29.7 Å². The van der Waals surface area contributed by atoms with E-state index in [1.54, 1.807) is 11.0 Å². The summed E-state index contributed by atoms with van der Waals surface area (Å²) in [5.41, 5.74) is 3.08.